The van der Waals surface area contributed by atoms with E-state index in [9.17, 15) is 0 Å². The number of aliphatic hydroxyl groups is 1. The number of aliphatic hydroxyl groups excluding tert-OH is 1. The molecular formula is C13H18N2O2. The number of methoxy groups -OCH3 is 1. The number of rotatable bonds is 4. The van der Waals surface area contributed by atoms with Crippen LogP contribution >= 0.6 is 0 Å². The van der Waals surface area contributed by atoms with E-state index in [-0.39, 0.29) is 12.6 Å². The van der Waals surface area contributed by atoms with Gasteiger partial charge in [0, 0.05) is 36.8 Å². The molecule has 4 nitrogen and oxygen atoms in total. The van der Waals surface area contributed by atoms with Crippen LogP contribution in [0.4, 0.5) is 0 Å². The van der Waals surface area contributed by atoms with E-state index in [0.717, 1.165) is 22.2 Å². The number of hydrogen-bond acceptors (Lipinski definition) is 3. The number of aromatic nitrogens is 1. The van der Waals surface area contributed by atoms with Crippen molar-refractivity contribution in [2.24, 2.45) is 12.8 Å². The van der Waals surface area contributed by atoms with Crippen LogP contribution in [-0.4, -0.2) is 23.4 Å². The summed E-state index contributed by atoms with van der Waals surface area (Å²) in [5.41, 5.74) is 8.23. The second-order valence-electron chi connectivity index (χ2n) is 4.20. The highest BCUT2D eigenvalue weighted by Gasteiger charge is 2.13. The summed E-state index contributed by atoms with van der Waals surface area (Å²) >= 11 is 0. The highest BCUT2D eigenvalue weighted by molar-refractivity contribution is 5.85. The van der Waals surface area contributed by atoms with E-state index in [1.807, 2.05) is 36.0 Å². The summed E-state index contributed by atoms with van der Waals surface area (Å²) in [6.07, 6.45) is 2.58. The fourth-order valence-corrected chi connectivity index (χ4v) is 2.12. The Morgan fingerprint density at radius 3 is 2.88 bits per heavy atom. The maximum Gasteiger partial charge on any atom is 0.119 e. The van der Waals surface area contributed by atoms with Gasteiger partial charge in [0.25, 0.3) is 0 Å². The molecule has 92 valence electrons. The molecule has 0 spiro atoms. The maximum atomic E-state index is 8.97. The standard InChI is InChI=1S/C13H18N2O2/c1-15-8-11(12(14)5-6-16)10-7-9(17-2)3-4-13(10)15/h3-4,7-8,12,16H,5-6,14H2,1-2H3. The Bertz CT molecular complexity index is 519. The van der Waals surface area contributed by atoms with E-state index in [4.69, 9.17) is 15.6 Å². The molecule has 0 fully saturated rings. The zero-order valence-electron chi connectivity index (χ0n) is 10.2. The first kappa shape index (κ1) is 12.0. The van der Waals surface area contributed by atoms with Gasteiger partial charge in [-0.2, -0.15) is 0 Å². The minimum absolute atomic E-state index is 0.0987. The van der Waals surface area contributed by atoms with Crippen molar-refractivity contribution in [3.05, 3.63) is 30.0 Å². The van der Waals surface area contributed by atoms with Crippen molar-refractivity contribution in [3.8, 4) is 5.75 Å². The zero-order valence-corrected chi connectivity index (χ0v) is 10.2. The summed E-state index contributed by atoms with van der Waals surface area (Å²) in [6.45, 7) is 0.0987. The minimum Gasteiger partial charge on any atom is -0.497 e. The predicted molar refractivity (Wildman–Crippen MR) is 68.1 cm³/mol. The maximum absolute atomic E-state index is 8.97. The van der Waals surface area contributed by atoms with Gasteiger partial charge in [0.15, 0.2) is 0 Å². The van der Waals surface area contributed by atoms with Gasteiger partial charge in [-0.3, -0.25) is 0 Å². The van der Waals surface area contributed by atoms with E-state index >= 15 is 0 Å². The van der Waals surface area contributed by atoms with Crippen LogP contribution in [0.1, 0.15) is 18.0 Å². The normalized spacial score (nSPS) is 12.9. The van der Waals surface area contributed by atoms with Crippen LogP contribution in [0.25, 0.3) is 10.9 Å². The molecule has 2 rings (SSSR count). The largest absolute Gasteiger partial charge is 0.497 e. The molecule has 0 amide bonds. The van der Waals surface area contributed by atoms with Gasteiger partial charge in [-0.05, 0) is 30.2 Å². The van der Waals surface area contributed by atoms with Crippen LogP contribution < -0.4 is 10.5 Å². The fourth-order valence-electron chi connectivity index (χ4n) is 2.12. The van der Waals surface area contributed by atoms with Gasteiger partial charge in [-0.1, -0.05) is 0 Å². The average molecular weight is 234 g/mol. The van der Waals surface area contributed by atoms with E-state index in [1.165, 1.54) is 0 Å². The summed E-state index contributed by atoms with van der Waals surface area (Å²) in [5.74, 6) is 0.821. The molecule has 1 heterocycles. The molecule has 0 bridgehead atoms. The molecule has 1 aromatic carbocycles. The molecule has 3 N–H and O–H groups in total. The second kappa shape index (κ2) is 4.77. The summed E-state index contributed by atoms with van der Waals surface area (Å²) < 4.78 is 7.27. The predicted octanol–water partition coefficient (Wildman–Crippen LogP) is 1.57. The van der Waals surface area contributed by atoms with Crippen molar-refractivity contribution in [1.82, 2.24) is 4.57 Å². The third-order valence-electron chi connectivity index (χ3n) is 3.07. The zero-order chi connectivity index (χ0) is 12.4. The molecular weight excluding hydrogens is 216 g/mol. The van der Waals surface area contributed by atoms with Crippen molar-refractivity contribution in [2.45, 2.75) is 12.5 Å². The van der Waals surface area contributed by atoms with Gasteiger partial charge >= 0.3 is 0 Å². The summed E-state index contributed by atoms with van der Waals surface area (Å²) in [7, 11) is 3.64. The molecule has 0 aliphatic heterocycles. The second-order valence-corrected chi connectivity index (χ2v) is 4.20. The number of ether oxygens (including phenoxy) is 1. The molecule has 1 aromatic heterocycles. The molecule has 0 saturated carbocycles. The minimum atomic E-state index is -0.143. The lowest BCUT2D eigenvalue weighted by molar-refractivity contribution is 0.277. The van der Waals surface area contributed by atoms with Crippen LogP contribution in [-0.2, 0) is 7.05 Å². The Morgan fingerprint density at radius 1 is 1.47 bits per heavy atom. The number of aryl methyl sites for hydroxylation is 1. The van der Waals surface area contributed by atoms with Crippen LogP contribution in [0, 0.1) is 0 Å². The van der Waals surface area contributed by atoms with E-state index < -0.39 is 0 Å². The lowest BCUT2D eigenvalue weighted by Crippen LogP contribution is -2.11. The molecule has 0 radical (unpaired) electrons. The van der Waals surface area contributed by atoms with Crippen molar-refractivity contribution < 1.29 is 9.84 Å². The Labute approximate surface area is 101 Å². The first-order valence-corrected chi connectivity index (χ1v) is 5.66. The molecule has 0 aliphatic rings. The number of hydrogen-bond donors (Lipinski definition) is 2. The van der Waals surface area contributed by atoms with Gasteiger partial charge in [0.1, 0.15) is 5.75 Å². The Balaban J connectivity index is 2.54. The van der Waals surface area contributed by atoms with Crippen LogP contribution in [0.5, 0.6) is 5.75 Å². The Morgan fingerprint density at radius 2 is 2.24 bits per heavy atom. The number of fused-ring (bicyclic) bond motifs is 1. The number of nitrogens with zero attached hydrogens (tertiary/aromatic N) is 1. The van der Waals surface area contributed by atoms with Gasteiger partial charge in [0.2, 0.25) is 0 Å². The van der Waals surface area contributed by atoms with Crippen molar-refractivity contribution in [3.63, 3.8) is 0 Å². The lowest BCUT2D eigenvalue weighted by atomic mass is 10.0. The summed E-state index contributed by atoms with van der Waals surface area (Å²) in [4.78, 5) is 0. The number of nitrogens with two attached hydrogens (primary N) is 1. The topological polar surface area (TPSA) is 60.4 Å². The molecule has 17 heavy (non-hydrogen) atoms. The molecule has 2 aromatic rings. The first-order chi connectivity index (χ1) is 8.17. The highest BCUT2D eigenvalue weighted by atomic mass is 16.5. The molecule has 0 aliphatic carbocycles. The van der Waals surface area contributed by atoms with Crippen molar-refractivity contribution >= 4 is 10.9 Å². The van der Waals surface area contributed by atoms with E-state index in [0.29, 0.717) is 6.42 Å². The molecule has 1 atom stereocenters. The molecule has 4 heteroatoms. The first-order valence-electron chi connectivity index (χ1n) is 5.66. The van der Waals surface area contributed by atoms with Gasteiger partial charge < -0.3 is 20.1 Å². The Kier molecular flexibility index (Phi) is 3.36. The van der Waals surface area contributed by atoms with E-state index in [2.05, 4.69) is 0 Å². The molecule has 1 unspecified atom stereocenters. The monoisotopic (exact) mass is 234 g/mol. The number of benzene rings is 1. The third kappa shape index (κ3) is 2.14. The highest BCUT2D eigenvalue weighted by Crippen LogP contribution is 2.29. The Hall–Kier alpha value is -1.52. The summed E-state index contributed by atoms with van der Waals surface area (Å²) in [5, 5.41) is 10.1. The van der Waals surface area contributed by atoms with Gasteiger partial charge in [-0.15, -0.1) is 0 Å². The van der Waals surface area contributed by atoms with E-state index in [1.54, 1.807) is 7.11 Å². The van der Waals surface area contributed by atoms with Crippen molar-refractivity contribution in [1.29, 1.82) is 0 Å². The average Bonchev–Trinajstić information content (AvgIpc) is 2.66. The molecule has 0 saturated heterocycles. The van der Waals surface area contributed by atoms with Gasteiger partial charge in [0.05, 0.1) is 7.11 Å². The van der Waals surface area contributed by atoms with Gasteiger partial charge in [-0.25, -0.2) is 0 Å². The summed E-state index contributed by atoms with van der Waals surface area (Å²) in [6, 6.07) is 5.80. The van der Waals surface area contributed by atoms with Crippen LogP contribution in [0.15, 0.2) is 24.4 Å². The fraction of sp³-hybridized carbons (Fsp3) is 0.385. The van der Waals surface area contributed by atoms with Crippen LogP contribution in [0.2, 0.25) is 0 Å². The quantitative estimate of drug-likeness (QED) is 0.844. The third-order valence-corrected chi connectivity index (χ3v) is 3.07. The lowest BCUT2D eigenvalue weighted by Gasteiger charge is -2.08. The SMILES string of the molecule is COc1ccc2c(c1)c(C(N)CCO)cn2C. The van der Waals surface area contributed by atoms with Crippen molar-refractivity contribution in [2.75, 3.05) is 13.7 Å². The smallest absolute Gasteiger partial charge is 0.119 e. The van der Waals surface area contributed by atoms with Crippen LogP contribution in [0.3, 0.4) is 0 Å².